The predicted octanol–water partition coefficient (Wildman–Crippen LogP) is -0.282. The van der Waals surface area contributed by atoms with Gasteiger partial charge in [-0.2, -0.15) is 0 Å². The molecular formula is C10H21NO5S. The van der Waals surface area contributed by atoms with E-state index in [0.717, 1.165) is 0 Å². The largest absolute Gasteiger partial charge is 0.465 e. The molecule has 102 valence electrons. The number of sulfone groups is 1. The van der Waals surface area contributed by atoms with Crippen molar-refractivity contribution < 1.29 is 22.7 Å². The van der Waals surface area contributed by atoms with Gasteiger partial charge in [-0.1, -0.05) is 0 Å². The SMILES string of the molecule is CCOC(=O)CS(=O)(=O)CCC(CN)OCC. The van der Waals surface area contributed by atoms with Gasteiger partial charge in [0.1, 0.15) is 5.75 Å². The molecule has 0 spiro atoms. The Labute approximate surface area is 102 Å². The predicted molar refractivity (Wildman–Crippen MR) is 64.4 cm³/mol. The van der Waals surface area contributed by atoms with Crippen LogP contribution in [0, 0.1) is 0 Å². The van der Waals surface area contributed by atoms with Crippen LogP contribution in [0.5, 0.6) is 0 Å². The molecule has 0 saturated heterocycles. The second-order valence-corrected chi connectivity index (χ2v) is 5.68. The van der Waals surface area contributed by atoms with Crippen LogP contribution in [-0.4, -0.2) is 51.8 Å². The highest BCUT2D eigenvalue weighted by molar-refractivity contribution is 7.92. The molecule has 1 atom stereocenters. The Hall–Kier alpha value is -0.660. The number of carbonyl (C=O) groups excluding carboxylic acids is 1. The van der Waals surface area contributed by atoms with Crippen LogP contribution in [0.2, 0.25) is 0 Å². The van der Waals surface area contributed by atoms with E-state index in [0.29, 0.717) is 13.0 Å². The van der Waals surface area contributed by atoms with Crippen LogP contribution < -0.4 is 5.73 Å². The molecule has 0 aromatic rings. The van der Waals surface area contributed by atoms with Crippen LogP contribution >= 0.6 is 0 Å². The van der Waals surface area contributed by atoms with E-state index >= 15 is 0 Å². The maximum atomic E-state index is 11.5. The second kappa shape index (κ2) is 8.43. The van der Waals surface area contributed by atoms with Gasteiger partial charge in [-0.25, -0.2) is 8.42 Å². The number of hydrogen-bond donors (Lipinski definition) is 1. The Bertz CT molecular complexity index is 315. The molecule has 0 radical (unpaired) electrons. The first-order valence-electron chi connectivity index (χ1n) is 5.62. The Balaban J connectivity index is 4.12. The van der Waals surface area contributed by atoms with Gasteiger partial charge in [-0.3, -0.25) is 4.79 Å². The van der Waals surface area contributed by atoms with Crippen LogP contribution in [0.15, 0.2) is 0 Å². The zero-order chi connectivity index (χ0) is 13.3. The average molecular weight is 267 g/mol. The average Bonchev–Trinajstić information content (AvgIpc) is 2.23. The highest BCUT2D eigenvalue weighted by Crippen LogP contribution is 2.02. The number of nitrogens with two attached hydrogens (primary N) is 1. The molecule has 1 unspecified atom stereocenters. The summed E-state index contributed by atoms with van der Waals surface area (Å²) in [6, 6.07) is 0. The Kier molecular flexibility index (Phi) is 8.11. The summed E-state index contributed by atoms with van der Waals surface area (Å²) >= 11 is 0. The van der Waals surface area contributed by atoms with Crippen LogP contribution in [0.25, 0.3) is 0 Å². The fourth-order valence-electron chi connectivity index (χ4n) is 1.27. The van der Waals surface area contributed by atoms with Gasteiger partial charge >= 0.3 is 5.97 Å². The number of carbonyl (C=O) groups is 1. The van der Waals surface area contributed by atoms with Crippen molar-refractivity contribution in [1.82, 2.24) is 0 Å². The van der Waals surface area contributed by atoms with Crippen molar-refractivity contribution in [1.29, 1.82) is 0 Å². The molecular weight excluding hydrogens is 246 g/mol. The fourth-order valence-corrected chi connectivity index (χ4v) is 2.48. The molecule has 0 aromatic heterocycles. The maximum absolute atomic E-state index is 11.5. The van der Waals surface area contributed by atoms with Crippen molar-refractivity contribution in [3.8, 4) is 0 Å². The molecule has 17 heavy (non-hydrogen) atoms. The standard InChI is InChI=1S/C10H21NO5S/c1-3-15-9(7-11)5-6-17(13,14)8-10(12)16-4-2/h9H,3-8,11H2,1-2H3. The maximum Gasteiger partial charge on any atom is 0.321 e. The van der Waals surface area contributed by atoms with Gasteiger partial charge in [-0.15, -0.1) is 0 Å². The minimum Gasteiger partial charge on any atom is -0.465 e. The summed E-state index contributed by atoms with van der Waals surface area (Å²) in [4.78, 5) is 11.0. The first kappa shape index (κ1) is 16.3. The molecule has 0 aliphatic rings. The molecule has 0 aliphatic carbocycles. The van der Waals surface area contributed by atoms with Crippen LogP contribution in [0.3, 0.4) is 0 Å². The van der Waals surface area contributed by atoms with E-state index in [1.54, 1.807) is 6.92 Å². The summed E-state index contributed by atoms with van der Waals surface area (Å²) in [7, 11) is -3.44. The van der Waals surface area contributed by atoms with Gasteiger partial charge < -0.3 is 15.2 Å². The molecule has 0 bridgehead atoms. The van der Waals surface area contributed by atoms with E-state index in [4.69, 9.17) is 10.5 Å². The molecule has 0 rings (SSSR count). The molecule has 2 N–H and O–H groups in total. The topological polar surface area (TPSA) is 95.7 Å². The van der Waals surface area contributed by atoms with Crippen molar-refractivity contribution in [2.24, 2.45) is 5.73 Å². The van der Waals surface area contributed by atoms with Crippen molar-refractivity contribution >= 4 is 15.8 Å². The fraction of sp³-hybridized carbons (Fsp3) is 0.900. The molecule has 0 aromatic carbocycles. The normalized spacial score (nSPS) is 13.4. The third kappa shape index (κ3) is 8.12. The molecule has 0 fully saturated rings. The highest BCUT2D eigenvalue weighted by Gasteiger charge is 2.19. The molecule has 0 aliphatic heterocycles. The Morgan fingerprint density at radius 1 is 1.29 bits per heavy atom. The smallest absolute Gasteiger partial charge is 0.321 e. The van der Waals surface area contributed by atoms with E-state index in [1.807, 2.05) is 6.92 Å². The summed E-state index contributed by atoms with van der Waals surface area (Å²) < 4.78 is 32.9. The lowest BCUT2D eigenvalue weighted by atomic mass is 10.3. The number of rotatable bonds is 9. The zero-order valence-electron chi connectivity index (χ0n) is 10.3. The Morgan fingerprint density at radius 2 is 1.94 bits per heavy atom. The third-order valence-corrected chi connectivity index (χ3v) is 3.59. The van der Waals surface area contributed by atoms with E-state index in [9.17, 15) is 13.2 Å². The molecule has 7 heteroatoms. The van der Waals surface area contributed by atoms with Crippen LogP contribution in [-0.2, 0) is 24.1 Å². The Morgan fingerprint density at radius 3 is 2.41 bits per heavy atom. The monoisotopic (exact) mass is 267 g/mol. The summed E-state index contributed by atoms with van der Waals surface area (Å²) in [5.74, 6) is -1.41. The lowest BCUT2D eigenvalue weighted by molar-refractivity contribution is -0.139. The quantitative estimate of drug-likeness (QED) is 0.577. The van der Waals surface area contributed by atoms with E-state index in [1.165, 1.54) is 0 Å². The van der Waals surface area contributed by atoms with Gasteiger partial charge in [0.25, 0.3) is 0 Å². The number of ether oxygens (including phenoxy) is 2. The van der Waals surface area contributed by atoms with Crippen molar-refractivity contribution in [3.05, 3.63) is 0 Å². The number of esters is 1. The minimum atomic E-state index is -3.44. The van der Waals surface area contributed by atoms with Crippen molar-refractivity contribution in [2.75, 3.05) is 31.3 Å². The highest BCUT2D eigenvalue weighted by atomic mass is 32.2. The van der Waals surface area contributed by atoms with Crippen LogP contribution in [0.4, 0.5) is 0 Å². The molecule has 0 heterocycles. The lowest BCUT2D eigenvalue weighted by Crippen LogP contribution is -2.28. The first-order chi connectivity index (χ1) is 7.95. The van der Waals surface area contributed by atoms with Crippen LogP contribution in [0.1, 0.15) is 20.3 Å². The van der Waals surface area contributed by atoms with Gasteiger partial charge in [0.05, 0.1) is 18.5 Å². The summed E-state index contributed by atoms with van der Waals surface area (Å²) in [6.45, 7) is 4.38. The molecule has 0 amide bonds. The minimum absolute atomic E-state index is 0.117. The summed E-state index contributed by atoms with van der Waals surface area (Å²) in [5, 5.41) is 0. The molecule has 0 saturated carbocycles. The lowest BCUT2D eigenvalue weighted by Gasteiger charge is -2.14. The van der Waals surface area contributed by atoms with Gasteiger partial charge in [-0.05, 0) is 20.3 Å². The zero-order valence-corrected chi connectivity index (χ0v) is 11.2. The van der Waals surface area contributed by atoms with Gasteiger partial charge in [0.2, 0.25) is 0 Å². The second-order valence-electron chi connectivity index (χ2n) is 3.50. The number of hydrogen-bond acceptors (Lipinski definition) is 6. The van der Waals surface area contributed by atoms with E-state index < -0.39 is 21.6 Å². The van der Waals surface area contributed by atoms with E-state index in [-0.39, 0.29) is 25.0 Å². The first-order valence-corrected chi connectivity index (χ1v) is 7.45. The van der Waals surface area contributed by atoms with Crippen molar-refractivity contribution in [3.63, 3.8) is 0 Å². The summed E-state index contributed by atoms with van der Waals surface area (Å²) in [6.07, 6.45) is 0.0171. The van der Waals surface area contributed by atoms with E-state index in [2.05, 4.69) is 4.74 Å². The van der Waals surface area contributed by atoms with Gasteiger partial charge in [0, 0.05) is 13.2 Å². The van der Waals surface area contributed by atoms with Crippen molar-refractivity contribution in [2.45, 2.75) is 26.4 Å². The van der Waals surface area contributed by atoms with Gasteiger partial charge in [0.15, 0.2) is 9.84 Å². The summed E-state index contributed by atoms with van der Waals surface area (Å²) in [5.41, 5.74) is 5.43. The third-order valence-electron chi connectivity index (χ3n) is 2.06. The molecule has 6 nitrogen and oxygen atoms in total.